The minimum Gasteiger partial charge on any atom is -0.480 e. The first-order chi connectivity index (χ1) is 11.6. The molecule has 0 spiro atoms. The molecule has 0 aromatic rings. The van der Waals surface area contributed by atoms with Crippen LogP contribution in [0.25, 0.3) is 0 Å². The Balaban J connectivity index is 4.45. The lowest BCUT2D eigenvalue weighted by Crippen LogP contribution is -2.51. The zero-order chi connectivity index (χ0) is 19.4. The summed E-state index contributed by atoms with van der Waals surface area (Å²) in [4.78, 5) is 55.8. The number of rotatable bonds is 13. The fourth-order valence-corrected chi connectivity index (χ4v) is 1.59. The number of hydrogen-bond donors (Lipinski definition) is 4. The highest BCUT2D eigenvalue weighted by molar-refractivity contribution is 5.91. The van der Waals surface area contributed by atoms with E-state index in [0.717, 1.165) is 0 Å². The summed E-state index contributed by atoms with van der Waals surface area (Å²) < 4.78 is 9.21. The summed E-state index contributed by atoms with van der Waals surface area (Å²) >= 11 is 0. The zero-order valence-electron chi connectivity index (χ0n) is 13.9. The third-order valence-corrected chi connectivity index (χ3v) is 2.67. The Kier molecular flexibility index (Phi) is 10.7. The second-order valence-corrected chi connectivity index (χ2v) is 5.25. The fraction of sp³-hybridized carbons (Fsp3) is 0.643. The van der Waals surface area contributed by atoms with E-state index in [1.54, 1.807) is 13.8 Å². The maximum atomic E-state index is 12.1. The first kappa shape index (κ1) is 22.5. The van der Waals surface area contributed by atoms with E-state index in [1.807, 2.05) is 0 Å². The van der Waals surface area contributed by atoms with Crippen LogP contribution in [-0.2, 0) is 33.4 Å². The van der Waals surface area contributed by atoms with Gasteiger partial charge in [0.05, 0.1) is 0 Å². The average molecular weight is 362 g/mol. The minimum absolute atomic E-state index is 0.225. The van der Waals surface area contributed by atoms with Gasteiger partial charge in [-0.25, -0.2) is 9.59 Å². The smallest absolute Gasteiger partial charge is 0.329 e. The summed E-state index contributed by atoms with van der Waals surface area (Å²) in [5.74, 6) is -4.61. The van der Waals surface area contributed by atoms with Gasteiger partial charge in [0.15, 0.2) is 5.78 Å². The number of hydrogen-bond acceptors (Lipinski definition) is 7. The molecule has 0 aromatic heterocycles. The molecule has 142 valence electrons. The first-order valence-electron chi connectivity index (χ1n) is 7.32. The largest absolute Gasteiger partial charge is 0.480 e. The fourth-order valence-electron chi connectivity index (χ4n) is 1.59. The molecule has 11 heteroatoms. The lowest BCUT2D eigenvalue weighted by molar-refractivity contribution is -0.145. The van der Waals surface area contributed by atoms with E-state index in [2.05, 4.69) is 20.1 Å². The van der Waals surface area contributed by atoms with E-state index in [4.69, 9.17) is 10.2 Å². The maximum Gasteiger partial charge on any atom is 0.329 e. The third-order valence-electron chi connectivity index (χ3n) is 2.67. The minimum atomic E-state index is -1.24. The molecule has 0 aliphatic rings. The highest BCUT2D eigenvalue weighted by Crippen LogP contribution is 2.00. The molecule has 0 bridgehead atoms. The number of carboxylic acids is 2. The van der Waals surface area contributed by atoms with E-state index in [1.165, 1.54) is 0 Å². The predicted molar refractivity (Wildman–Crippen MR) is 81.7 cm³/mol. The van der Waals surface area contributed by atoms with Crippen molar-refractivity contribution in [3.05, 3.63) is 0 Å². The van der Waals surface area contributed by atoms with Crippen molar-refractivity contribution in [3.63, 3.8) is 0 Å². The van der Waals surface area contributed by atoms with Crippen LogP contribution in [0.1, 0.15) is 13.8 Å². The molecular weight excluding hydrogens is 340 g/mol. The highest BCUT2D eigenvalue weighted by atomic mass is 16.5. The molecule has 0 saturated heterocycles. The van der Waals surface area contributed by atoms with E-state index < -0.39 is 62.1 Å². The molecule has 1 atom stereocenters. The maximum absolute atomic E-state index is 12.1. The van der Waals surface area contributed by atoms with Gasteiger partial charge in [0, 0.05) is 12.5 Å². The number of nitrogens with one attached hydrogen (secondary N) is 2. The van der Waals surface area contributed by atoms with Crippen LogP contribution in [0.15, 0.2) is 0 Å². The Bertz CT molecular complexity index is 505. The van der Waals surface area contributed by atoms with E-state index in [-0.39, 0.29) is 12.3 Å². The molecule has 0 saturated carbocycles. The van der Waals surface area contributed by atoms with Crippen LogP contribution in [0.4, 0.5) is 0 Å². The van der Waals surface area contributed by atoms with Gasteiger partial charge >= 0.3 is 11.9 Å². The van der Waals surface area contributed by atoms with Crippen molar-refractivity contribution in [2.75, 3.05) is 33.0 Å². The Labute approximate surface area is 143 Å². The first-order valence-corrected chi connectivity index (χ1v) is 7.32. The zero-order valence-corrected chi connectivity index (χ0v) is 13.9. The molecule has 0 rings (SSSR count). The Morgan fingerprint density at radius 3 is 1.76 bits per heavy atom. The molecule has 0 heterocycles. The summed E-state index contributed by atoms with van der Waals surface area (Å²) in [7, 11) is 0. The van der Waals surface area contributed by atoms with Crippen LogP contribution in [0.2, 0.25) is 0 Å². The molecule has 0 aromatic carbocycles. The van der Waals surface area contributed by atoms with Gasteiger partial charge in [-0.1, -0.05) is 13.8 Å². The topological polar surface area (TPSA) is 168 Å². The van der Waals surface area contributed by atoms with Crippen molar-refractivity contribution >= 4 is 29.5 Å². The molecule has 0 fully saturated rings. The number of carbonyl (C=O) groups is 5. The lowest BCUT2D eigenvalue weighted by Gasteiger charge is -2.20. The normalized spacial score (nSPS) is 11.6. The standard InChI is InChI=1S/C14H22N2O9/c1-8(2)14(23)9(16-11(18)5-25-7-13(21)22)3-15-10(17)4-24-6-12(19)20/h8-9H,3-7H2,1-2H3,(H,15,17)(H,16,18)(H,19,20)(H,21,22)/t9-/m0/s1. The van der Waals surface area contributed by atoms with Crippen molar-refractivity contribution in [2.45, 2.75) is 19.9 Å². The summed E-state index contributed by atoms with van der Waals surface area (Å²) in [5, 5.41) is 21.5. The van der Waals surface area contributed by atoms with E-state index >= 15 is 0 Å². The highest BCUT2D eigenvalue weighted by Gasteiger charge is 2.23. The summed E-state index contributed by atoms with van der Waals surface area (Å²) in [6.07, 6.45) is 0. The number of amides is 2. The monoisotopic (exact) mass is 362 g/mol. The van der Waals surface area contributed by atoms with Gasteiger partial charge in [0.2, 0.25) is 11.8 Å². The molecule has 4 N–H and O–H groups in total. The van der Waals surface area contributed by atoms with Crippen LogP contribution >= 0.6 is 0 Å². The van der Waals surface area contributed by atoms with Gasteiger partial charge in [0.1, 0.15) is 32.5 Å². The number of carbonyl (C=O) groups excluding carboxylic acids is 3. The quantitative estimate of drug-likeness (QED) is 0.290. The molecule has 11 nitrogen and oxygen atoms in total. The van der Waals surface area contributed by atoms with Gasteiger partial charge in [-0.2, -0.15) is 0 Å². The number of ketones is 1. The Morgan fingerprint density at radius 2 is 1.32 bits per heavy atom. The summed E-state index contributed by atoms with van der Waals surface area (Å²) in [6.45, 7) is 0.638. The molecule has 25 heavy (non-hydrogen) atoms. The molecule has 0 aliphatic carbocycles. The molecular formula is C14H22N2O9. The van der Waals surface area contributed by atoms with Crippen LogP contribution in [0.3, 0.4) is 0 Å². The second kappa shape index (κ2) is 11.9. The Morgan fingerprint density at radius 1 is 0.840 bits per heavy atom. The van der Waals surface area contributed by atoms with Crippen molar-refractivity contribution in [2.24, 2.45) is 5.92 Å². The third kappa shape index (κ3) is 11.6. The molecule has 0 aliphatic heterocycles. The molecule has 2 amide bonds. The summed E-state index contributed by atoms with van der Waals surface area (Å²) in [5.41, 5.74) is 0. The number of aliphatic carboxylic acids is 2. The van der Waals surface area contributed by atoms with Crippen LogP contribution in [0.5, 0.6) is 0 Å². The van der Waals surface area contributed by atoms with E-state index in [0.29, 0.717) is 0 Å². The lowest BCUT2D eigenvalue weighted by atomic mass is 10.0. The van der Waals surface area contributed by atoms with Crippen molar-refractivity contribution < 1.29 is 43.7 Å². The van der Waals surface area contributed by atoms with Crippen molar-refractivity contribution in [3.8, 4) is 0 Å². The Hall–Kier alpha value is -2.53. The van der Waals surface area contributed by atoms with Crippen LogP contribution in [-0.4, -0.2) is 78.8 Å². The van der Waals surface area contributed by atoms with Gasteiger partial charge in [0.25, 0.3) is 0 Å². The van der Waals surface area contributed by atoms with Crippen molar-refractivity contribution in [1.29, 1.82) is 0 Å². The van der Waals surface area contributed by atoms with Gasteiger partial charge in [-0.3, -0.25) is 14.4 Å². The predicted octanol–water partition coefficient (Wildman–Crippen LogP) is -1.99. The number of Topliss-reactive ketones (excluding diaryl/α,β-unsaturated/α-hetero) is 1. The SMILES string of the molecule is CC(C)C(=O)[C@H](CNC(=O)COCC(=O)O)NC(=O)COCC(=O)O. The van der Waals surface area contributed by atoms with Crippen molar-refractivity contribution in [1.82, 2.24) is 10.6 Å². The average Bonchev–Trinajstić information content (AvgIpc) is 2.49. The number of ether oxygens (including phenoxy) is 2. The molecule has 0 unspecified atom stereocenters. The second-order valence-electron chi connectivity index (χ2n) is 5.25. The van der Waals surface area contributed by atoms with E-state index in [9.17, 15) is 24.0 Å². The molecule has 0 radical (unpaired) electrons. The van der Waals surface area contributed by atoms with Crippen LogP contribution in [0, 0.1) is 5.92 Å². The van der Waals surface area contributed by atoms with Gasteiger partial charge in [-0.15, -0.1) is 0 Å². The van der Waals surface area contributed by atoms with Gasteiger partial charge in [-0.05, 0) is 0 Å². The number of carboxylic acid groups (broad SMARTS) is 2. The van der Waals surface area contributed by atoms with Gasteiger partial charge < -0.3 is 30.3 Å². The summed E-state index contributed by atoms with van der Waals surface area (Å²) in [6, 6.07) is -1.04. The van der Waals surface area contributed by atoms with Crippen LogP contribution < -0.4 is 10.6 Å².